The quantitative estimate of drug-likeness (QED) is 0.105. The van der Waals surface area contributed by atoms with Crippen LogP contribution >= 0.6 is 0 Å². The van der Waals surface area contributed by atoms with Crippen LogP contribution in [0.4, 0.5) is 11.8 Å². The molecule has 6 N–H and O–H groups in total. The molecule has 0 bridgehead atoms. The van der Waals surface area contributed by atoms with E-state index in [0.29, 0.717) is 49.1 Å². The molecule has 1 aliphatic carbocycles. The van der Waals surface area contributed by atoms with Gasteiger partial charge < -0.3 is 45.8 Å². The third-order valence-corrected chi connectivity index (χ3v) is 11.2. The highest BCUT2D eigenvalue weighted by Crippen LogP contribution is 2.35. The average Bonchev–Trinajstić information content (AvgIpc) is 3.75. The van der Waals surface area contributed by atoms with Crippen LogP contribution in [0.15, 0.2) is 67.0 Å². The number of aliphatic hydroxyl groups excluding tert-OH is 2. The second-order valence-electron chi connectivity index (χ2n) is 14.8. The van der Waals surface area contributed by atoms with E-state index in [1.807, 2.05) is 36.4 Å². The van der Waals surface area contributed by atoms with Crippen molar-refractivity contribution in [3.63, 3.8) is 0 Å². The fraction of sp³-hybridized carbons (Fsp3) is 0.525. The number of carbonyl (C=O) groups excluding carboxylic acids is 2. The molecular formula is C40H54N10O4. The first kappa shape index (κ1) is 37.7. The van der Waals surface area contributed by atoms with Crippen LogP contribution in [0.1, 0.15) is 68.0 Å². The number of likely N-dealkylation sites (tertiary alicyclic amines) is 2. The lowest BCUT2D eigenvalue weighted by Gasteiger charge is -2.26. The van der Waals surface area contributed by atoms with Crippen LogP contribution in [-0.2, 0) is 9.59 Å². The minimum atomic E-state index is -1.29. The van der Waals surface area contributed by atoms with Gasteiger partial charge in [0.05, 0.1) is 18.4 Å². The molecule has 2 aliphatic heterocycles. The zero-order valence-electron chi connectivity index (χ0n) is 30.9. The number of rotatable bonds is 14. The number of piperidine rings is 2. The van der Waals surface area contributed by atoms with E-state index in [4.69, 9.17) is 15.0 Å². The molecular weight excluding hydrogens is 685 g/mol. The van der Waals surface area contributed by atoms with Crippen molar-refractivity contribution in [1.82, 2.24) is 40.0 Å². The molecule has 4 heterocycles. The Hall–Kier alpha value is -4.63. The normalized spacial score (nSPS) is 22.4. The molecule has 0 radical (unpaired) electrons. The zero-order valence-corrected chi connectivity index (χ0v) is 30.9. The van der Waals surface area contributed by atoms with Gasteiger partial charge in [0.15, 0.2) is 17.0 Å². The number of hydrogen-bond donors (Lipinski definition) is 6. The minimum Gasteiger partial charge on any atom is -0.388 e. The van der Waals surface area contributed by atoms with E-state index < -0.39 is 36.1 Å². The molecule has 288 valence electrons. The van der Waals surface area contributed by atoms with Crippen molar-refractivity contribution >= 4 is 34.7 Å². The second kappa shape index (κ2) is 18.1. The fourth-order valence-electron chi connectivity index (χ4n) is 8.12. The highest BCUT2D eigenvalue weighted by molar-refractivity contribution is 6.35. The third kappa shape index (κ3) is 9.17. The molecule has 2 saturated heterocycles. The number of aliphatic hydroxyl groups is 2. The van der Waals surface area contributed by atoms with Gasteiger partial charge in [-0.2, -0.15) is 9.97 Å². The summed E-state index contributed by atoms with van der Waals surface area (Å²) in [5, 5.41) is 34.8. The van der Waals surface area contributed by atoms with Crippen molar-refractivity contribution in [3.8, 4) is 0 Å². The van der Waals surface area contributed by atoms with Crippen molar-refractivity contribution in [2.24, 2.45) is 0 Å². The fourth-order valence-corrected chi connectivity index (χ4v) is 8.12. The number of amides is 2. The molecule has 2 amide bonds. The van der Waals surface area contributed by atoms with Crippen LogP contribution < -0.4 is 21.3 Å². The maximum Gasteiger partial charge on any atom is 0.309 e. The lowest BCUT2D eigenvalue weighted by atomic mass is 9.91. The Labute approximate surface area is 316 Å². The number of fused-ring (bicyclic) bond motifs is 1. The number of nitrogens with zero attached hydrogens (tertiary/aromatic N) is 6. The number of aromatic nitrogens is 4. The van der Waals surface area contributed by atoms with Crippen LogP contribution in [0.3, 0.4) is 0 Å². The summed E-state index contributed by atoms with van der Waals surface area (Å²) in [7, 11) is 0. The predicted molar refractivity (Wildman–Crippen MR) is 208 cm³/mol. The summed E-state index contributed by atoms with van der Waals surface area (Å²) in [4.78, 5) is 44.8. The summed E-state index contributed by atoms with van der Waals surface area (Å²) in [5.74, 6) is -0.568. The molecule has 2 aromatic heterocycles. The molecule has 54 heavy (non-hydrogen) atoms. The number of anilines is 2. The highest BCUT2D eigenvalue weighted by Gasteiger charge is 2.44. The van der Waals surface area contributed by atoms with Gasteiger partial charge >= 0.3 is 11.8 Å². The Morgan fingerprint density at radius 1 is 0.741 bits per heavy atom. The Kier molecular flexibility index (Phi) is 12.7. The summed E-state index contributed by atoms with van der Waals surface area (Å²) in [6, 6.07) is 19.2. The summed E-state index contributed by atoms with van der Waals surface area (Å²) >= 11 is 0. The van der Waals surface area contributed by atoms with E-state index >= 15 is 0 Å². The van der Waals surface area contributed by atoms with Gasteiger partial charge in [0, 0.05) is 38.6 Å². The molecule has 1 saturated carbocycles. The molecule has 3 aliphatic rings. The standard InChI is InChI=1S/C40H54N10O4/c51-34-31(45-39(54)38(53)41-17-23-48-19-9-3-10-20-48)25-32(35(34)52)50-27-44-33-36(46-40(47-37(33)50)42-18-24-49-21-11-4-12-22-49)43-26-30(28-13-5-1-6-14-28)29-15-7-2-8-16-29/h1-2,5-8,13-16,27,30-32,34-35,51-52H,3-4,9-12,17-26H2,(H,41,53)(H,45,54)(H2,42,43,46,47)/t31-,32+,34+,35-/m0/s1. The van der Waals surface area contributed by atoms with E-state index in [1.165, 1.54) is 36.8 Å². The van der Waals surface area contributed by atoms with Crippen LogP contribution in [0.2, 0.25) is 0 Å². The largest absolute Gasteiger partial charge is 0.388 e. The number of carbonyl (C=O) groups is 2. The van der Waals surface area contributed by atoms with Crippen LogP contribution in [0.25, 0.3) is 11.2 Å². The minimum absolute atomic E-state index is 0.0353. The molecule has 7 rings (SSSR count). The monoisotopic (exact) mass is 738 g/mol. The molecule has 14 nitrogen and oxygen atoms in total. The Morgan fingerprint density at radius 2 is 1.35 bits per heavy atom. The van der Waals surface area contributed by atoms with Gasteiger partial charge in [-0.15, -0.1) is 0 Å². The Bertz CT molecular complexity index is 1770. The van der Waals surface area contributed by atoms with Gasteiger partial charge in [-0.25, -0.2) is 4.98 Å². The molecule has 4 atom stereocenters. The van der Waals surface area contributed by atoms with Crippen molar-refractivity contribution in [1.29, 1.82) is 0 Å². The molecule has 0 spiro atoms. The highest BCUT2D eigenvalue weighted by atomic mass is 16.3. The second-order valence-corrected chi connectivity index (χ2v) is 14.8. The van der Waals surface area contributed by atoms with E-state index in [-0.39, 0.29) is 12.3 Å². The van der Waals surface area contributed by atoms with Gasteiger partial charge in [0.2, 0.25) is 5.95 Å². The summed E-state index contributed by atoms with van der Waals surface area (Å²) < 4.78 is 1.75. The summed E-state index contributed by atoms with van der Waals surface area (Å²) in [6.07, 6.45) is 6.45. The molecule has 3 fully saturated rings. The van der Waals surface area contributed by atoms with Crippen molar-refractivity contribution in [2.45, 2.75) is 75.2 Å². The van der Waals surface area contributed by atoms with Gasteiger partial charge in [0.25, 0.3) is 0 Å². The van der Waals surface area contributed by atoms with Crippen LogP contribution in [-0.4, -0.2) is 128 Å². The Balaban J connectivity index is 1.08. The lowest BCUT2D eigenvalue weighted by molar-refractivity contribution is -0.140. The van der Waals surface area contributed by atoms with Gasteiger partial charge in [0.1, 0.15) is 12.2 Å². The van der Waals surface area contributed by atoms with Gasteiger partial charge in [-0.1, -0.05) is 73.5 Å². The van der Waals surface area contributed by atoms with Crippen LogP contribution in [0, 0.1) is 0 Å². The molecule has 0 unspecified atom stereocenters. The van der Waals surface area contributed by atoms with Crippen molar-refractivity contribution in [2.75, 3.05) is 69.5 Å². The first-order chi connectivity index (χ1) is 26.4. The summed E-state index contributed by atoms with van der Waals surface area (Å²) in [6.45, 7) is 7.29. The molecule has 14 heteroatoms. The summed E-state index contributed by atoms with van der Waals surface area (Å²) in [5.41, 5.74) is 3.35. The van der Waals surface area contributed by atoms with Gasteiger partial charge in [-0.3, -0.25) is 9.59 Å². The number of benzene rings is 2. The number of nitrogens with one attached hydrogen (secondary N) is 4. The smallest absolute Gasteiger partial charge is 0.309 e. The first-order valence-corrected chi connectivity index (χ1v) is 19.7. The average molecular weight is 739 g/mol. The van der Waals surface area contributed by atoms with Crippen LogP contribution in [0.5, 0.6) is 0 Å². The predicted octanol–water partition coefficient (Wildman–Crippen LogP) is 2.72. The van der Waals surface area contributed by atoms with E-state index in [9.17, 15) is 19.8 Å². The topological polar surface area (TPSA) is 173 Å². The van der Waals surface area contributed by atoms with Crippen molar-refractivity contribution in [3.05, 3.63) is 78.1 Å². The van der Waals surface area contributed by atoms with E-state index in [2.05, 4.69) is 55.3 Å². The Morgan fingerprint density at radius 3 is 1.98 bits per heavy atom. The maximum absolute atomic E-state index is 12.9. The molecule has 2 aromatic carbocycles. The van der Waals surface area contributed by atoms with Gasteiger partial charge in [-0.05, 0) is 69.4 Å². The van der Waals surface area contributed by atoms with E-state index in [0.717, 1.165) is 45.6 Å². The number of imidazole rings is 1. The maximum atomic E-state index is 12.9. The first-order valence-electron chi connectivity index (χ1n) is 19.7. The third-order valence-electron chi connectivity index (χ3n) is 11.2. The SMILES string of the molecule is O=C(NCCN1CCCCC1)C(=O)N[C@H]1C[C@@H](n2cnc3c(NCC(c4ccccc4)c4ccccc4)nc(NCCN4CCCCC4)nc32)[C@H](O)[C@@H]1O. The lowest BCUT2D eigenvalue weighted by Crippen LogP contribution is -2.49. The zero-order chi connectivity index (χ0) is 37.3. The van der Waals surface area contributed by atoms with Crippen molar-refractivity contribution < 1.29 is 19.8 Å². The molecule has 4 aromatic rings. The number of hydrogen-bond acceptors (Lipinski definition) is 11. The van der Waals surface area contributed by atoms with E-state index in [1.54, 1.807) is 10.9 Å².